The minimum absolute atomic E-state index is 0.0736. The van der Waals surface area contributed by atoms with E-state index in [0.29, 0.717) is 11.5 Å². The predicted molar refractivity (Wildman–Crippen MR) is 96.1 cm³/mol. The van der Waals surface area contributed by atoms with E-state index in [1.54, 1.807) is 18.2 Å². The molecule has 138 valence electrons. The normalized spacial score (nSPS) is 12.8. The molecule has 0 aromatic heterocycles. The largest absolute Gasteiger partial charge is 0.454 e. The van der Waals surface area contributed by atoms with Crippen LogP contribution in [0.1, 0.15) is 5.56 Å². The van der Waals surface area contributed by atoms with Gasteiger partial charge in [0.2, 0.25) is 22.7 Å². The van der Waals surface area contributed by atoms with Gasteiger partial charge < -0.3 is 14.8 Å². The third-order valence-corrected chi connectivity index (χ3v) is 5.69. The molecule has 0 bridgehead atoms. The second-order valence-electron chi connectivity index (χ2n) is 5.36. The van der Waals surface area contributed by atoms with Crippen molar-refractivity contribution in [1.29, 1.82) is 0 Å². The van der Waals surface area contributed by atoms with Crippen LogP contribution < -0.4 is 19.5 Å². The molecule has 0 saturated carbocycles. The van der Waals surface area contributed by atoms with Crippen molar-refractivity contribution >= 4 is 39.1 Å². The molecule has 10 heteroatoms. The topological polar surface area (TPSA) is 93.7 Å². The van der Waals surface area contributed by atoms with Gasteiger partial charge >= 0.3 is 0 Å². The first kappa shape index (κ1) is 18.8. The Morgan fingerprint density at radius 1 is 1.04 bits per heavy atom. The third-order valence-electron chi connectivity index (χ3n) is 3.55. The van der Waals surface area contributed by atoms with Crippen molar-refractivity contribution < 1.29 is 22.7 Å². The highest BCUT2D eigenvalue weighted by molar-refractivity contribution is 7.89. The van der Waals surface area contributed by atoms with Crippen molar-refractivity contribution in [2.75, 3.05) is 13.3 Å². The molecular formula is C16H14Cl2N2O5S. The monoisotopic (exact) mass is 416 g/mol. The first-order chi connectivity index (χ1) is 12.3. The number of benzene rings is 2. The molecule has 0 radical (unpaired) electrons. The Bertz CT molecular complexity index is 950. The van der Waals surface area contributed by atoms with Crippen LogP contribution in [0.5, 0.6) is 11.5 Å². The molecule has 1 amide bonds. The van der Waals surface area contributed by atoms with E-state index in [4.69, 9.17) is 32.7 Å². The summed E-state index contributed by atoms with van der Waals surface area (Å²) in [5.74, 6) is 0.776. The van der Waals surface area contributed by atoms with Crippen molar-refractivity contribution in [1.82, 2.24) is 10.0 Å². The van der Waals surface area contributed by atoms with Crippen molar-refractivity contribution in [3.63, 3.8) is 0 Å². The van der Waals surface area contributed by atoms with Crippen LogP contribution in [0.2, 0.25) is 10.0 Å². The fourth-order valence-corrected chi connectivity index (χ4v) is 3.57. The van der Waals surface area contributed by atoms with Gasteiger partial charge in [0.25, 0.3) is 0 Å². The molecule has 2 aromatic rings. The van der Waals surface area contributed by atoms with Crippen LogP contribution in [0.4, 0.5) is 0 Å². The molecule has 0 unspecified atom stereocenters. The van der Waals surface area contributed by atoms with E-state index in [2.05, 4.69) is 10.0 Å². The van der Waals surface area contributed by atoms with Crippen molar-refractivity contribution in [2.45, 2.75) is 11.4 Å². The molecule has 1 heterocycles. The molecule has 2 aromatic carbocycles. The van der Waals surface area contributed by atoms with Crippen LogP contribution >= 0.6 is 23.2 Å². The lowest BCUT2D eigenvalue weighted by Gasteiger charge is -2.09. The van der Waals surface area contributed by atoms with Crippen molar-refractivity contribution in [2.24, 2.45) is 0 Å². The fraction of sp³-hybridized carbons (Fsp3) is 0.188. The summed E-state index contributed by atoms with van der Waals surface area (Å²) in [7, 11) is -3.88. The Labute approximate surface area is 160 Å². The molecule has 0 saturated heterocycles. The summed E-state index contributed by atoms with van der Waals surface area (Å²) in [4.78, 5) is 11.8. The lowest BCUT2D eigenvalue weighted by atomic mass is 10.2. The summed E-state index contributed by atoms with van der Waals surface area (Å²) in [6, 6.07) is 9.18. The lowest BCUT2D eigenvalue weighted by Crippen LogP contribution is -2.36. The molecule has 1 aliphatic heterocycles. The number of rotatable bonds is 6. The van der Waals surface area contributed by atoms with Gasteiger partial charge in [-0.15, -0.1) is 0 Å². The fourth-order valence-electron chi connectivity index (χ4n) is 2.20. The van der Waals surface area contributed by atoms with E-state index < -0.39 is 22.5 Å². The molecular weight excluding hydrogens is 403 g/mol. The number of fused-ring (bicyclic) bond motifs is 1. The quantitative estimate of drug-likeness (QED) is 0.753. The second kappa shape index (κ2) is 7.71. The SMILES string of the molecule is O=C(CNS(=O)(=O)c1ccc(Cl)c(Cl)c1)NCc1ccc2c(c1)OCO2. The number of carbonyl (C=O) groups is 1. The van der Waals surface area contributed by atoms with Crippen LogP contribution in [-0.2, 0) is 21.4 Å². The summed E-state index contributed by atoms with van der Waals surface area (Å²) < 4.78 is 37.0. The molecule has 0 spiro atoms. The van der Waals surface area contributed by atoms with Gasteiger partial charge in [0.15, 0.2) is 11.5 Å². The molecule has 1 aliphatic rings. The molecule has 0 fully saturated rings. The minimum Gasteiger partial charge on any atom is -0.454 e. The Balaban J connectivity index is 1.54. The maximum absolute atomic E-state index is 12.2. The van der Waals surface area contributed by atoms with E-state index in [1.807, 2.05) is 0 Å². The number of halogens is 2. The number of carbonyl (C=O) groups excluding carboxylic acids is 1. The molecule has 26 heavy (non-hydrogen) atoms. The molecule has 3 rings (SSSR count). The number of hydrogen-bond donors (Lipinski definition) is 2. The number of ether oxygens (including phenoxy) is 2. The van der Waals surface area contributed by atoms with Gasteiger partial charge in [-0.05, 0) is 35.9 Å². The molecule has 0 atom stereocenters. The van der Waals surface area contributed by atoms with E-state index in [1.165, 1.54) is 18.2 Å². The van der Waals surface area contributed by atoms with Crippen molar-refractivity contribution in [3.8, 4) is 11.5 Å². The first-order valence-corrected chi connectivity index (χ1v) is 9.69. The zero-order valence-corrected chi connectivity index (χ0v) is 15.6. The van der Waals surface area contributed by atoms with Crippen molar-refractivity contribution in [3.05, 3.63) is 52.0 Å². The zero-order chi connectivity index (χ0) is 18.7. The van der Waals surface area contributed by atoms with Gasteiger partial charge in [-0.2, -0.15) is 0 Å². The van der Waals surface area contributed by atoms with Gasteiger partial charge in [0.05, 0.1) is 21.5 Å². The van der Waals surface area contributed by atoms with Crippen LogP contribution in [0, 0.1) is 0 Å². The van der Waals surface area contributed by atoms with Crippen LogP contribution in [0.15, 0.2) is 41.3 Å². The maximum atomic E-state index is 12.2. The minimum atomic E-state index is -3.88. The summed E-state index contributed by atoms with van der Waals surface area (Å²) in [5, 5.41) is 2.98. The highest BCUT2D eigenvalue weighted by Crippen LogP contribution is 2.32. The number of amides is 1. The highest BCUT2D eigenvalue weighted by atomic mass is 35.5. The molecule has 7 nitrogen and oxygen atoms in total. The summed E-state index contributed by atoms with van der Waals surface area (Å²) in [6.45, 7) is -0.0151. The Morgan fingerprint density at radius 2 is 1.81 bits per heavy atom. The first-order valence-electron chi connectivity index (χ1n) is 7.45. The lowest BCUT2D eigenvalue weighted by molar-refractivity contribution is -0.120. The standard InChI is InChI=1S/C16H14Cl2N2O5S/c17-12-3-2-11(6-13(12)18)26(22,23)20-8-16(21)19-7-10-1-4-14-15(5-10)25-9-24-14/h1-6,20H,7-9H2,(H,19,21). The number of nitrogens with one attached hydrogen (secondary N) is 2. The molecule has 2 N–H and O–H groups in total. The van der Waals surface area contributed by atoms with Crippen LogP contribution in [0.25, 0.3) is 0 Å². The second-order valence-corrected chi connectivity index (χ2v) is 7.95. The summed E-state index contributed by atoms with van der Waals surface area (Å²) in [5.41, 5.74) is 0.801. The average molecular weight is 417 g/mol. The highest BCUT2D eigenvalue weighted by Gasteiger charge is 2.17. The third kappa shape index (κ3) is 4.39. The van der Waals surface area contributed by atoms with Gasteiger partial charge in [-0.25, -0.2) is 13.1 Å². The Morgan fingerprint density at radius 3 is 2.58 bits per heavy atom. The van der Waals surface area contributed by atoms with Gasteiger partial charge in [0.1, 0.15) is 0 Å². The summed E-state index contributed by atoms with van der Waals surface area (Å²) in [6.07, 6.45) is 0. The maximum Gasteiger partial charge on any atom is 0.241 e. The van der Waals surface area contributed by atoms with Gasteiger partial charge in [0, 0.05) is 6.54 Å². The van der Waals surface area contributed by atoms with Gasteiger partial charge in [-0.1, -0.05) is 29.3 Å². The van der Waals surface area contributed by atoms with E-state index in [9.17, 15) is 13.2 Å². The van der Waals surface area contributed by atoms with Crippen LogP contribution in [0.3, 0.4) is 0 Å². The number of hydrogen-bond acceptors (Lipinski definition) is 5. The van der Waals surface area contributed by atoms with E-state index >= 15 is 0 Å². The smallest absolute Gasteiger partial charge is 0.241 e. The van der Waals surface area contributed by atoms with Crippen LogP contribution in [-0.4, -0.2) is 27.7 Å². The Hall–Kier alpha value is -2.00. The zero-order valence-electron chi connectivity index (χ0n) is 13.3. The van der Waals surface area contributed by atoms with E-state index in [0.717, 1.165) is 5.56 Å². The van der Waals surface area contributed by atoms with E-state index in [-0.39, 0.29) is 28.3 Å². The number of sulfonamides is 1. The average Bonchev–Trinajstić information content (AvgIpc) is 3.08. The predicted octanol–water partition coefficient (Wildman–Crippen LogP) is 2.32. The summed E-state index contributed by atoms with van der Waals surface area (Å²) >= 11 is 11.6. The Kier molecular flexibility index (Phi) is 5.57. The van der Waals surface area contributed by atoms with Gasteiger partial charge in [-0.3, -0.25) is 4.79 Å². The molecule has 0 aliphatic carbocycles.